The van der Waals surface area contributed by atoms with Crippen LogP contribution >= 0.6 is 0 Å². The third-order valence-electron chi connectivity index (χ3n) is 3.06. The van der Waals surface area contributed by atoms with Crippen molar-refractivity contribution in [3.63, 3.8) is 0 Å². The average molecular weight is 264 g/mol. The molecule has 1 aromatic carbocycles. The number of nitrogens with zero attached hydrogens (tertiary/aromatic N) is 1. The summed E-state index contributed by atoms with van der Waals surface area (Å²) in [5.41, 5.74) is 0.758. The predicted octanol–water partition coefficient (Wildman–Crippen LogP) is 1.09. The van der Waals surface area contributed by atoms with Crippen LogP contribution in [-0.2, 0) is 4.79 Å². The maximum absolute atomic E-state index is 11.8. The fraction of sp³-hybridized carbons (Fsp3) is 0.500. The van der Waals surface area contributed by atoms with Crippen LogP contribution in [0.25, 0.3) is 0 Å². The van der Waals surface area contributed by atoms with Crippen molar-refractivity contribution in [3.05, 3.63) is 24.3 Å². The number of carbonyl (C=O) groups is 1. The lowest BCUT2D eigenvalue weighted by Crippen LogP contribution is -2.32. The highest BCUT2D eigenvalue weighted by Gasteiger charge is 2.21. The Morgan fingerprint density at radius 3 is 2.79 bits per heavy atom. The molecule has 104 valence electrons. The zero-order chi connectivity index (χ0) is 13.7. The van der Waals surface area contributed by atoms with Crippen LogP contribution < -0.4 is 10.1 Å². The van der Waals surface area contributed by atoms with Crippen LogP contribution in [0.1, 0.15) is 13.3 Å². The first-order valence-corrected chi connectivity index (χ1v) is 6.60. The number of hydrogen-bond donors (Lipinski definition) is 2. The molecule has 5 nitrogen and oxygen atoms in total. The van der Waals surface area contributed by atoms with Crippen molar-refractivity contribution in [3.8, 4) is 5.75 Å². The number of aliphatic hydroxyl groups is 1. The number of amides is 1. The number of ether oxygens (including phenoxy) is 1. The van der Waals surface area contributed by atoms with Crippen molar-refractivity contribution >= 4 is 11.6 Å². The van der Waals surface area contributed by atoms with Crippen LogP contribution in [0.4, 0.5) is 5.69 Å². The standard InChI is InChI=1S/C14H20N2O3/c1-2-19-13-5-3-11(4-6-13)15-14(18)10-16-8-7-12(17)9-16/h3-6,12,17H,2,7-10H2,1H3,(H,15,18). The number of rotatable bonds is 5. The Labute approximate surface area is 113 Å². The summed E-state index contributed by atoms with van der Waals surface area (Å²) in [5.74, 6) is 0.737. The molecule has 0 saturated carbocycles. The molecule has 1 heterocycles. The van der Waals surface area contributed by atoms with Gasteiger partial charge in [0.05, 0.1) is 19.3 Å². The molecule has 0 bridgehead atoms. The second-order valence-electron chi connectivity index (χ2n) is 4.68. The van der Waals surface area contributed by atoms with Crippen LogP contribution in [-0.4, -0.2) is 48.3 Å². The maximum Gasteiger partial charge on any atom is 0.238 e. The average Bonchev–Trinajstić information content (AvgIpc) is 2.77. The largest absolute Gasteiger partial charge is 0.494 e. The Morgan fingerprint density at radius 1 is 1.47 bits per heavy atom. The van der Waals surface area contributed by atoms with Gasteiger partial charge in [-0.15, -0.1) is 0 Å². The number of hydrogen-bond acceptors (Lipinski definition) is 4. The van der Waals surface area contributed by atoms with E-state index in [1.807, 2.05) is 36.1 Å². The van der Waals surface area contributed by atoms with E-state index >= 15 is 0 Å². The van der Waals surface area contributed by atoms with Crippen molar-refractivity contribution < 1.29 is 14.6 Å². The minimum Gasteiger partial charge on any atom is -0.494 e. The van der Waals surface area contributed by atoms with E-state index in [2.05, 4.69) is 5.32 Å². The summed E-state index contributed by atoms with van der Waals surface area (Å²) < 4.78 is 5.34. The molecular weight excluding hydrogens is 244 g/mol. The number of β-amino-alcohol motifs (C(OH)–C–C–N with tert-alkyl or cyclic N) is 1. The molecule has 19 heavy (non-hydrogen) atoms. The molecule has 2 rings (SSSR count). The van der Waals surface area contributed by atoms with Crippen molar-refractivity contribution in [2.75, 3.05) is 31.6 Å². The van der Waals surface area contributed by atoms with Gasteiger partial charge in [-0.05, 0) is 37.6 Å². The van der Waals surface area contributed by atoms with Crippen molar-refractivity contribution in [1.82, 2.24) is 4.90 Å². The Balaban J connectivity index is 1.81. The van der Waals surface area contributed by atoms with Gasteiger partial charge in [-0.2, -0.15) is 0 Å². The molecule has 0 radical (unpaired) electrons. The molecule has 0 aliphatic carbocycles. The van der Waals surface area contributed by atoms with Gasteiger partial charge >= 0.3 is 0 Å². The third kappa shape index (κ3) is 4.22. The van der Waals surface area contributed by atoms with E-state index in [1.54, 1.807) is 0 Å². The first-order valence-electron chi connectivity index (χ1n) is 6.60. The van der Waals surface area contributed by atoms with Gasteiger partial charge in [0.25, 0.3) is 0 Å². The van der Waals surface area contributed by atoms with E-state index in [1.165, 1.54) is 0 Å². The maximum atomic E-state index is 11.8. The van der Waals surface area contributed by atoms with Crippen LogP contribution in [0.15, 0.2) is 24.3 Å². The van der Waals surface area contributed by atoms with Gasteiger partial charge in [0, 0.05) is 18.8 Å². The molecule has 2 N–H and O–H groups in total. The first kappa shape index (κ1) is 13.8. The summed E-state index contributed by atoms with van der Waals surface area (Å²) in [5, 5.41) is 12.2. The smallest absolute Gasteiger partial charge is 0.238 e. The van der Waals surface area contributed by atoms with Gasteiger partial charge < -0.3 is 15.2 Å². The Morgan fingerprint density at radius 2 is 2.21 bits per heavy atom. The number of benzene rings is 1. The molecule has 1 aliphatic rings. The highest BCUT2D eigenvalue weighted by Crippen LogP contribution is 2.16. The van der Waals surface area contributed by atoms with Crippen LogP contribution in [0.5, 0.6) is 5.75 Å². The molecule has 1 fully saturated rings. The lowest BCUT2D eigenvalue weighted by molar-refractivity contribution is -0.117. The topological polar surface area (TPSA) is 61.8 Å². The molecule has 1 atom stereocenters. The molecule has 5 heteroatoms. The minimum absolute atomic E-state index is 0.0572. The summed E-state index contributed by atoms with van der Waals surface area (Å²) in [6.45, 7) is 4.24. The van der Waals surface area contributed by atoms with Crippen molar-refractivity contribution in [1.29, 1.82) is 0 Å². The molecule has 1 amide bonds. The summed E-state index contributed by atoms with van der Waals surface area (Å²) in [4.78, 5) is 13.8. The lowest BCUT2D eigenvalue weighted by Gasteiger charge is -2.14. The van der Waals surface area contributed by atoms with Gasteiger partial charge in [-0.1, -0.05) is 0 Å². The van der Waals surface area contributed by atoms with E-state index in [9.17, 15) is 9.90 Å². The molecule has 1 saturated heterocycles. The summed E-state index contributed by atoms with van der Waals surface area (Å²) in [6, 6.07) is 7.31. The van der Waals surface area contributed by atoms with E-state index in [0.29, 0.717) is 19.7 Å². The van der Waals surface area contributed by atoms with Crippen molar-refractivity contribution in [2.45, 2.75) is 19.4 Å². The van der Waals surface area contributed by atoms with Gasteiger partial charge in [-0.3, -0.25) is 9.69 Å². The number of anilines is 1. The Hall–Kier alpha value is -1.59. The predicted molar refractivity (Wildman–Crippen MR) is 73.3 cm³/mol. The van der Waals surface area contributed by atoms with Crippen LogP contribution in [0.3, 0.4) is 0 Å². The fourth-order valence-corrected chi connectivity index (χ4v) is 2.16. The van der Waals surface area contributed by atoms with Gasteiger partial charge in [0.2, 0.25) is 5.91 Å². The lowest BCUT2D eigenvalue weighted by atomic mass is 10.3. The molecule has 1 unspecified atom stereocenters. The molecule has 0 aromatic heterocycles. The first-order chi connectivity index (χ1) is 9.17. The number of likely N-dealkylation sites (tertiary alicyclic amines) is 1. The fourth-order valence-electron chi connectivity index (χ4n) is 2.16. The second-order valence-corrected chi connectivity index (χ2v) is 4.68. The van der Waals surface area contributed by atoms with Crippen LogP contribution in [0.2, 0.25) is 0 Å². The zero-order valence-electron chi connectivity index (χ0n) is 11.1. The zero-order valence-corrected chi connectivity index (χ0v) is 11.1. The number of carbonyl (C=O) groups excluding carboxylic acids is 1. The second kappa shape index (κ2) is 6.54. The highest BCUT2D eigenvalue weighted by molar-refractivity contribution is 5.92. The van der Waals surface area contributed by atoms with Gasteiger partial charge in [0.15, 0.2) is 0 Å². The highest BCUT2D eigenvalue weighted by atomic mass is 16.5. The SMILES string of the molecule is CCOc1ccc(NC(=O)CN2CCC(O)C2)cc1. The van der Waals surface area contributed by atoms with E-state index < -0.39 is 0 Å². The summed E-state index contributed by atoms with van der Waals surface area (Å²) in [7, 11) is 0. The quantitative estimate of drug-likeness (QED) is 0.835. The van der Waals surface area contributed by atoms with E-state index in [0.717, 1.165) is 24.4 Å². The van der Waals surface area contributed by atoms with Gasteiger partial charge in [0.1, 0.15) is 5.75 Å². The Bertz CT molecular complexity index is 419. The molecule has 0 spiro atoms. The van der Waals surface area contributed by atoms with E-state index in [-0.39, 0.29) is 12.0 Å². The molecular formula is C14H20N2O3. The summed E-state index contributed by atoms with van der Waals surface area (Å²) in [6.07, 6.45) is 0.453. The summed E-state index contributed by atoms with van der Waals surface area (Å²) >= 11 is 0. The van der Waals surface area contributed by atoms with Crippen molar-refractivity contribution in [2.24, 2.45) is 0 Å². The molecule has 1 aromatic rings. The Kier molecular flexibility index (Phi) is 4.76. The third-order valence-corrected chi connectivity index (χ3v) is 3.06. The molecule has 1 aliphatic heterocycles. The van der Waals surface area contributed by atoms with Gasteiger partial charge in [-0.25, -0.2) is 0 Å². The number of nitrogens with one attached hydrogen (secondary N) is 1. The monoisotopic (exact) mass is 264 g/mol. The normalized spacial score (nSPS) is 19.4. The number of aliphatic hydroxyl groups excluding tert-OH is 1. The van der Waals surface area contributed by atoms with Crippen LogP contribution in [0, 0.1) is 0 Å². The van der Waals surface area contributed by atoms with E-state index in [4.69, 9.17) is 4.74 Å². The minimum atomic E-state index is -0.293.